The molecule has 0 saturated carbocycles. The zero-order chi connectivity index (χ0) is 21.0. The maximum atomic E-state index is 12.3. The number of fused-ring (bicyclic) bond motifs is 1. The summed E-state index contributed by atoms with van der Waals surface area (Å²) in [6, 6.07) is 11.9. The molecule has 2 amide bonds. The third-order valence-corrected chi connectivity index (χ3v) is 5.09. The number of para-hydroxylation sites is 2. The molecule has 0 unspecified atom stereocenters. The number of likely N-dealkylation sites (N-methyl/N-ethyl adjacent to an activating group) is 1. The van der Waals surface area contributed by atoms with Gasteiger partial charge in [0.25, 0.3) is 0 Å². The van der Waals surface area contributed by atoms with Crippen molar-refractivity contribution in [2.45, 2.75) is 19.4 Å². The molecule has 0 saturated heterocycles. The number of benzene rings is 2. The van der Waals surface area contributed by atoms with Crippen molar-refractivity contribution in [3.05, 3.63) is 63.1 Å². The molecule has 2 aromatic carbocycles. The van der Waals surface area contributed by atoms with Crippen molar-refractivity contribution in [1.82, 2.24) is 9.47 Å². The third kappa shape index (κ3) is 5.19. The molecule has 0 aliphatic heterocycles. The van der Waals surface area contributed by atoms with Gasteiger partial charge in [-0.05, 0) is 36.8 Å². The molecule has 0 aliphatic carbocycles. The van der Waals surface area contributed by atoms with Gasteiger partial charge in [0.2, 0.25) is 11.8 Å². The van der Waals surface area contributed by atoms with Gasteiger partial charge in [0.05, 0.1) is 22.1 Å². The second-order valence-electron chi connectivity index (χ2n) is 6.52. The van der Waals surface area contributed by atoms with Gasteiger partial charge in [-0.3, -0.25) is 14.2 Å². The number of aryl methyl sites for hydroxylation is 1. The number of nitrogens with one attached hydrogen (secondary N) is 1. The molecule has 0 fully saturated rings. The largest absolute Gasteiger partial charge is 0.419 e. The first-order chi connectivity index (χ1) is 13.8. The van der Waals surface area contributed by atoms with Gasteiger partial charge < -0.3 is 14.6 Å². The first kappa shape index (κ1) is 21.0. The van der Waals surface area contributed by atoms with E-state index < -0.39 is 5.76 Å². The van der Waals surface area contributed by atoms with Crippen LogP contribution < -0.4 is 11.1 Å². The Bertz CT molecular complexity index is 1110. The predicted octanol–water partition coefficient (Wildman–Crippen LogP) is 3.78. The van der Waals surface area contributed by atoms with E-state index in [0.717, 1.165) is 0 Å². The van der Waals surface area contributed by atoms with Gasteiger partial charge in [0.1, 0.15) is 0 Å². The van der Waals surface area contributed by atoms with Crippen LogP contribution in [0.1, 0.15) is 12.8 Å². The summed E-state index contributed by atoms with van der Waals surface area (Å²) in [5.74, 6) is -1.00. The molecular formula is C20H19Cl2N3O4. The number of halogens is 2. The summed E-state index contributed by atoms with van der Waals surface area (Å²) in [7, 11) is 1.55. The van der Waals surface area contributed by atoms with E-state index in [9.17, 15) is 14.4 Å². The number of oxazole rings is 1. The van der Waals surface area contributed by atoms with Crippen LogP contribution in [0.4, 0.5) is 5.69 Å². The van der Waals surface area contributed by atoms with E-state index in [1.54, 1.807) is 37.4 Å². The molecule has 0 spiro atoms. The fraction of sp³-hybridized carbons (Fsp3) is 0.250. The average Bonchev–Trinajstić information content (AvgIpc) is 3.00. The molecule has 1 N–H and O–H groups in total. The summed E-state index contributed by atoms with van der Waals surface area (Å²) in [5, 5.41) is 3.39. The lowest BCUT2D eigenvalue weighted by Gasteiger charge is -2.17. The molecule has 0 atom stereocenters. The van der Waals surface area contributed by atoms with Gasteiger partial charge in [-0.25, -0.2) is 4.79 Å². The highest BCUT2D eigenvalue weighted by molar-refractivity contribution is 6.42. The zero-order valence-corrected chi connectivity index (χ0v) is 17.2. The van der Waals surface area contributed by atoms with Crippen LogP contribution in [0.5, 0.6) is 0 Å². The number of carbonyl (C=O) groups excluding carboxylic acids is 2. The fourth-order valence-corrected chi connectivity index (χ4v) is 3.18. The highest BCUT2D eigenvalue weighted by Crippen LogP contribution is 2.24. The van der Waals surface area contributed by atoms with E-state index in [2.05, 4.69) is 5.32 Å². The lowest BCUT2D eigenvalue weighted by atomic mass is 10.2. The molecule has 1 aromatic heterocycles. The van der Waals surface area contributed by atoms with Gasteiger partial charge in [-0.15, -0.1) is 0 Å². The van der Waals surface area contributed by atoms with E-state index in [1.807, 2.05) is 6.07 Å². The van der Waals surface area contributed by atoms with Crippen LogP contribution in [0.2, 0.25) is 10.0 Å². The van der Waals surface area contributed by atoms with Crippen LogP contribution >= 0.6 is 23.2 Å². The van der Waals surface area contributed by atoms with Crippen molar-refractivity contribution in [3.8, 4) is 0 Å². The van der Waals surface area contributed by atoms with E-state index in [1.165, 1.54) is 15.5 Å². The molecule has 7 nitrogen and oxygen atoms in total. The minimum Gasteiger partial charge on any atom is -0.408 e. The minimum atomic E-state index is -0.451. The highest BCUT2D eigenvalue weighted by Gasteiger charge is 2.14. The van der Waals surface area contributed by atoms with Gasteiger partial charge in [-0.1, -0.05) is 35.3 Å². The summed E-state index contributed by atoms with van der Waals surface area (Å²) in [4.78, 5) is 37.7. The molecule has 0 bridgehead atoms. The summed E-state index contributed by atoms with van der Waals surface area (Å²) in [6.45, 7) is 0.249. The quantitative estimate of drug-likeness (QED) is 0.611. The molecular weight excluding hydrogens is 417 g/mol. The Kier molecular flexibility index (Phi) is 6.61. The van der Waals surface area contributed by atoms with Gasteiger partial charge in [0, 0.05) is 25.7 Å². The normalized spacial score (nSPS) is 10.9. The Morgan fingerprint density at radius 3 is 2.66 bits per heavy atom. The van der Waals surface area contributed by atoms with E-state index in [-0.39, 0.29) is 24.8 Å². The lowest BCUT2D eigenvalue weighted by molar-refractivity contribution is -0.133. The molecule has 0 radical (unpaired) electrons. The van der Waals surface area contributed by atoms with Crippen molar-refractivity contribution in [2.24, 2.45) is 0 Å². The first-order valence-electron chi connectivity index (χ1n) is 8.92. The summed E-state index contributed by atoms with van der Waals surface area (Å²) < 4.78 is 6.67. The van der Waals surface area contributed by atoms with Crippen molar-refractivity contribution < 1.29 is 14.0 Å². The van der Waals surface area contributed by atoms with Crippen LogP contribution in [-0.4, -0.2) is 34.9 Å². The molecule has 3 aromatic rings. The Balaban J connectivity index is 1.49. The lowest BCUT2D eigenvalue weighted by Crippen LogP contribution is -2.35. The molecule has 0 aliphatic rings. The fourth-order valence-electron chi connectivity index (χ4n) is 2.88. The first-order valence-corrected chi connectivity index (χ1v) is 9.68. The maximum absolute atomic E-state index is 12.3. The molecule has 29 heavy (non-hydrogen) atoms. The number of anilines is 1. The Morgan fingerprint density at radius 1 is 1.14 bits per heavy atom. The summed E-state index contributed by atoms with van der Waals surface area (Å²) >= 11 is 11.8. The Morgan fingerprint density at radius 2 is 1.90 bits per heavy atom. The Hall–Kier alpha value is -2.77. The second kappa shape index (κ2) is 9.15. The van der Waals surface area contributed by atoms with Crippen LogP contribution in [0, 0.1) is 0 Å². The van der Waals surface area contributed by atoms with Crippen LogP contribution in [-0.2, 0) is 16.1 Å². The molecule has 3 rings (SSSR count). The predicted molar refractivity (Wildman–Crippen MR) is 112 cm³/mol. The summed E-state index contributed by atoms with van der Waals surface area (Å²) in [5.41, 5.74) is 1.70. The van der Waals surface area contributed by atoms with Crippen molar-refractivity contribution >= 4 is 51.8 Å². The number of nitrogens with zero attached hydrogens (tertiary/aromatic N) is 2. The second-order valence-corrected chi connectivity index (χ2v) is 7.33. The Labute approximate surface area is 176 Å². The third-order valence-electron chi connectivity index (χ3n) is 4.36. The number of amides is 2. The summed E-state index contributed by atoms with van der Waals surface area (Å²) in [6.07, 6.45) is 0.642. The van der Waals surface area contributed by atoms with Gasteiger partial charge in [0.15, 0.2) is 5.58 Å². The average molecular weight is 436 g/mol. The zero-order valence-electron chi connectivity index (χ0n) is 15.7. The number of aromatic nitrogens is 1. The number of hydrogen-bond donors (Lipinski definition) is 1. The van der Waals surface area contributed by atoms with Crippen LogP contribution in [0.25, 0.3) is 11.1 Å². The monoisotopic (exact) mass is 435 g/mol. The number of carbonyl (C=O) groups is 2. The maximum Gasteiger partial charge on any atom is 0.419 e. The van der Waals surface area contributed by atoms with E-state index >= 15 is 0 Å². The van der Waals surface area contributed by atoms with Gasteiger partial charge in [-0.2, -0.15) is 0 Å². The van der Waals surface area contributed by atoms with E-state index in [0.29, 0.717) is 39.8 Å². The number of hydrogen-bond acceptors (Lipinski definition) is 4. The molecule has 152 valence electrons. The van der Waals surface area contributed by atoms with E-state index in [4.69, 9.17) is 27.6 Å². The van der Waals surface area contributed by atoms with Crippen LogP contribution in [0.3, 0.4) is 0 Å². The topological polar surface area (TPSA) is 84.5 Å². The van der Waals surface area contributed by atoms with Crippen molar-refractivity contribution in [3.63, 3.8) is 0 Å². The van der Waals surface area contributed by atoms with Crippen molar-refractivity contribution in [2.75, 3.05) is 18.9 Å². The standard InChI is InChI=1S/C20H19Cl2N3O4/c1-24(12-18(26)23-13-8-9-14(21)15(22)11-13)19(27)7-4-10-25-16-5-2-3-6-17(16)29-20(25)28/h2-3,5-6,8-9,11H,4,7,10,12H2,1H3,(H,23,26). The van der Waals surface area contributed by atoms with Gasteiger partial charge >= 0.3 is 5.76 Å². The molecule has 1 heterocycles. The molecule has 9 heteroatoms. The van der Waals surface area contributed by atoms with Crippen molar-refractivity contribution in [1.29, 1.82) is 0 Å². The minimum absolute atomic E-state index is 0.104. The number of rotatable bonds is 7. The SMILES string of the molecule is CN(CC(=O)Nc1ccc(Cl)c(Cl)c1)C(=O)CCCn1c(=O)oc2ccccc21. The van der Waals surface area contributed by atoms with Crippen LogP contribution in [0.15, 0.2) is 51.7 Å². The highest BCUT2D eigenvalue weighted by atomic mass is 35.5. The smallest absolute Gasteiger partial charge is 0.408 e.